The Balaban J connectivity index is 1.86. The van der Waals surface area contributed by atoms with Gasteiger partial charge in [0, 0.05) is 13.2 Å². The van der Waals surface area contributed by atoms with Crippen LogP contribution in [0.1, 0.15) is 44.9 Å². The van der Waals surface area contributed by atoms with Crippen molar-refractivity contribution >= 4 is 5.91 Å². The molecular weight excluding hydrogens is 216 g/mol. The Morgan fingerprint density at radius 1 is 1.35 bits per heavy atom. The van der Waals surface area contributed by atoms with Crippen LogP contribution in [-0.4, -0.2) is 25.2 Å². The van der Waals surface area contributed by atoms with Crippen molar-refractivity contribution in [1.29, 1.82) is 5.26 Å². The SMILES string of the molecule is N#CC1(C(=O)NCC2CCCO2)CCCCC1. The molecule has 2 aliphatic rings. The second-order valence-electron chi connectivity index (χ2n) is 5.10. The van der Waals surface area contributed by atoms with Crippen molar-refractivity contribution in [2.45, 2.75) is 51.0 Å². The molecule has 1 saturated carbocycles. The molecule has 0 aromatic carbocycles. The Hall–Kier alpha value is -1.08. The number of rotatable bonds is 3. The van der Waals surface area contributed by atoms with Gasteiger partial charge in [-0.2, -0.15) is 5.26 Å². The lowest BCUT2D eigenvalue weighted by molar-refractivity contribution is -0.130. The summed E-state index contributed by atoms with van der Waals surface area (Å²) in [7, 11) is 0. The van der Waals surface area contributed by atoms with E-state index in [4.69, 9.17) is 4.74 Å². The molecule has 0 spiro atoms. The van der Waals surface area contributed by atoms with Gasteiger partial charge < -0.3 is 10.1 Å². The van der Waals surface area contributed by atoms with Gasteiger partial charge in [-0.05, 0) is 25.7 Å². The van der Waals surface area contributed by atoms with Crippen molar-refractivity contribution in [3.63, 3.8) is 0 Å². The topological polar surface area (TPSA) is 62.1 Å². The van der Waals surface area contributed by atoms with E-state index in [0.717, 1.165) is 38.7 Å². The summed E-state index contributed by atoms with van der Waals surface area (Å²) in [4.78, 5) is 12.1. The summed E-state index contributed by atoms with van der Waals surface area (Å²) in [6.45, 7) is 1.35. The van der Waals surface area contributed by atoms with Crippen molar-refractivity contribution in [3.05, 3.63) is 0 Å². The highest BCUT2D eigenvalue weighted by Crippen LogP contribution is 2.35. The molecule has 0 aromatic rings. The lowest BCUT2D eigenvalue weighted by Gasteiger charge is -2.29. The number of ether oxygens (including phenoxy) is 1. The summed E-state index contributed by atoms with van der Waals surface area (Å²) in [6, 6.07) is 2.24. The minimum atomic E-state index is -0.767. The van der Waals surface area contributed by atoms with E-state index in [0.29, 0.717) is 19.4 Å². The average molecular weight is 236 g/mol. The minimum absolute atomic E-state index is 0.0878. The first-order chi connectivity index (χ1) is 8.27. The maximum atomic E-state index is 12.1. The summed E-state index contributed by atoms with van der Waals surface area (Å²) < 4.78 is 5.46. The minimum Gasteiger partial charge on any atom is -0.376 e. The van der Waals surface area contributed by atoms with E-state index >= 15 is 0 Å². The summed E-state index contributed by atoms with van der Waals surface area (Å²) in [6.07, 6.45) is 6.77. The van der Waals surface area contributed by atoms with Crippen molar-refractivity contribution in [2.75, 3.05) is 13.2 Å². The standard InChI is InChI=1S/C13H20N2O2/c14-10-13(6-2-1-3-7-13)12(16)15-9-11-5-4-8-17-11/h11H,1-9H2,(H,15,16). The van der Waals surface area contributed by atoms with Crippen LogP contribution in [0.25, 0.3) is 0 Å². The molecule has 1 saturated heterocycles. The largest absolute Gasteiger partial charge is 0.376 e. The van der Waals surface area contributed by atoms with E-state index in [1.165, 1.54) is 0 Å². The normalized spacial score (nSPS) is 27.4. The lowest BCUT2D eigenvalue weighted by Crippen LogP contribution is -2.44. The highest BCUT2D eigenvalue weighted by atomic mass is 16.5. The zero-order valence-electron chi connectivity index (χ0n) is 10.2. The Kier molecular flexibility index (Phi) is 4.01. The molecular formula is C13H20N2O2. The number of amides is 1. The fourth-order valence-corrected chi connectivity index (χ4v) is 2.73. The fraction of sp³-hybridized carbons (Fsp3) is 0.846. The molecule has 1 aliphatic heterocycles. The molecule has 1 atom stereocenters. The predicted molar refractivity (Wildman–Crippen MR) is 63.1 cm³/mol. The van der Waals surface area contributed by atoms with Crippen molar-refractivity contribution in [1.82, 2.24) is 5.32 Å². The van der Waals surface area contributed by atoms with Gasteiger partial charge in [0.2, 0.25) is 5.91 Å². The molecule has 1 unspecified atom stereocenters. The molecule has 17 heavy (non-hydrogen) atoms. The zero-order chi connectivity index (χ0) is 12.1. The third-order valence-electron chi connectivity index (χ3n) is 3.87. The highest BCUT2D eigenvalue weighted by molar-refractivity contribution is 5.85. The third kappa shape index (κ3) is 2.78. The second kappa shape index (κ2) is 5.50. The van der Waals surface area contributed by atoms with E-state index in [2.05, 4.69) is 11.4 Å². The summed E-state index contributed by atoms with van der Waals surface area (Å²) in [5.41, 5.74) is -0.767. The molecule has 0 aromatic heterocycles. The maximum Gasteiger partial charge on any atom is 0.240 e. The number of carbonyl (C=O) groups excluding carboxylic acids is 1. The average Bonchev–Trinajstić information content (AvgIpc) is 2.90. The Bertz CT molecular complexity index is 310. The molecule has 1 N–H and O–H groups in total. The zero-order valence-corrected chi connectivity index (χ0v) is 10.2. The van der Waals surface area contributed by atoms with Crippen LogP contribution >= 0.6 is 0 Å². The molecule has 0 bridgehead atoms. The van der Waals surface area contributed by atoms with Crippen LogP contribution in [0, 0.1) is 16.7 Å². The predicted octanol–water partition coefficient (Wildman–Crippen LogP) is 1.76. The molecule has 1 amide bonds. The maximum absolute atomic E-state index is 12.1. The van der Waals surface area contributed by atoms with E-state index in [1.807, 2.05) is 0 Å². The molecule has 0 radical (unpaired) electrons. The van der Waals surface area contributed by atoms with Crippen LogP contribution in [0.3, 0.4) is 0 Å². The first-order valence-corrected chi connectivity index (χ1v) is 6.58. The van der Waals surface area contributed by atoms with Crippen molar-refractivity contribution in [2.24, 2.45) is 5.41 Å². The van der Waals surface area contributed by atoms with Crippen LogP contribution in [0.15, 0.2) is 0 Å². The third-order valence-corrected chi connectivity index (χ3v) is 3.87. The van der Waals surface area contributed by atoms with Gasteiger partial charge in [-0.1, -0.05) is 19.3 Å². The Morgan fingerprint density at radius 2 is 2.12 bits per heavy atom. The van der Waals surface area contributed by atoms with Crippen LogP contribution < -0.4 is 5.32 Å². The van der Waals surface area contributed by atoms with Gasteiger partial charge in [-0.25, -0.2) is 0 Å². The van der Waals surface area contributed by atoms with Crippen molar-refractivity contribution in [3.8, 4) is 6.07 Å². The number of hydrogen-bond donors (Lipinski definition) is 1. The van der Waals surface area contributed by atoms with E-state index in [-0.39, 0.29) is 12.0 Å². The van der Waals surface area contributed by atoms with Gasteiger partial charge in [-0.15, -0.1) is 0 Å². The molecule has 4 nitrogen and oxygen atoms in total. The van der Waals surface area contributed by atoms with Crippen LogP contribution in [0.4, 0.5) is 0 Å². The van der Waals surface area contributed by atoms with Gasteiger partial charge in [0.25, 0.3) is 0 Å². The number of nitrogens with zero attached hydrogens (tertiary/aromatic N) is 1. The highest BCUT2D eigenvalue weighted by Gasteiger charge is 2.39. The van der Waals surface area contributed by atoms with Crippen molar-refractivity contribution < 1.29 is 9.53 Å². The molecule has 2 fully saturated rings. The van der Waals surface area contributed by atoms with Gasteiger partial charge in [0.1, 0.15) is 5.41 Å². The second-order valence-corrected chi connectivity index (χ2v) is 5.10. The van der Waals surface area contributed by atoms with E-state index < -0.39 is 5.41 Å². The number of nitrogens with one attached hydrogen (secondary N) is 1. The van der Waals surface area contributed by atoms with E-state index in [9.17, 15) is 10.1 Å². The summed E-state index contributed by atoms with van der Waals surface area (Å²) >= 11 is 0. The van der Waals surface area contributed by atoms with Gasteiger partial charge in [0.05, 0.1) is 12.2 Å². The monoisotopic (exact) mass is 236 g/mol. The quantitative estimate of drug-likeness (QED) is 0.812. The molecule has 94 valence electrons. The first-order valence-electron chi connectivity index (χ1n) is 6.58. The summed E-state index contributed by atoms with van der Waals surface area (Å²) in [5.74, 6) is -0.0878. The number of nitriles is 1. The molecule has 1 aliphatic carbocycles. The number of carbonyl (C=O) groups is 1. The van der Waals surface area contributed by atoms with Crippen LogP contribution in [0.2, 0.25) is 0 Å². The lowest BCUT2D eigenvalue weighted by atomic mass is 9.74. The molecule has 2 rings (SSSR count). The molecule has 4 heteroatoms. The van der Waals surface area contributed by atoms with Crippen LogP contribution in [0.5, 0.6) is 0 Å². The first kappa shape index (κ1) is 12.4. The molecule has 1 heterocycles. The van der Waals surface area contributed by atoms with Crippen LogP contribution in [-0.2, 0) is 9.53 Å². The van der Waals surface area contributed by atoms with E-state index in [1.54, 1.807) is 0 Å². The fourth-order valence-electron chi connectivity index (χ4n) is 2.73. The Labute approximate surface area is 102 Å². The summed E-state index contributed by atoms with van der Waals surface area (Å²) in [5, 5.41) is 12.2. The smallest absolute Gasteiger partial charge is 0.240 e. The van der Waals surface area contributed by atoms with Gasteiger partial charge in [-0.3, -0.25) is 4.79 Å². The Morgan fingerprint density at radius 3 is 2.71 bits per heavy atom. The number of hydrogen-bond acceptors (Lipinski definition) is 3. The van der Waals surface area contributed by atoms with Gasteiger partial charge in [0.15, 0.2) is 0 Å². The van der Waals surface area contributed by atoms with Gasteiger partial charge >= 0.3 is 0 Å².